The molecule has 118 valence electrons. The molecule has 0 spiro atoms. The fourth-order valence-electron chi connectivity index (χ4n) is 2.95. The second kappa shape index (κ2) is 6.26. The summed E-state index contributed by atoms with van der Waals surface area (Å²) >= 11 is 11.8. The third-order valence-electron chi connectivity index (χ3n) is 4.11. The van der Waals surface area contributed by atoms with Crippen molar-refractivity contribution in [3.05, 3.63) is 27.1 Å². The zero-order valence-electron chi connectivity index (χ0n) is 12.0. The van der Waals surface area contributed by atoms with E-state index in [2.05, 4.69) is 9.97 Å². The van der Waals surface area contributed by atoms with Gasteiger partial charge in [-0.05, 0) is 25.3 Å². The van der Waals surface area contributed by atoms with Crippen LogP contribution < -0.4 is 5.56 Å². The molecule has 2 aromatic rings. The molecule has 2 aromatic heterocycles. The van der Waals surface area contributed by atoms with E-state index in [9.17, 15) is 9.00 Å². The molecule has 5 nitrogen and oxygen atoms in total. The van der Waals surface area contributed by atoms with Crippen LogP contribution in [0.4, 0.5) is 0 Å². The molecule has 0 radical (unpaired) electrons. The van der Waals surface area contributed by atoms with Crippen LogP contribution in [-0.4, -0.2) is 24.0 Å². The number of nitrogens with zero attached hydrogens (tertiary/aromatic N) is 3. The van der Waals surface area contributed by atoms with E-state index < -0.39 is 10.8 Å². The van der Waals surface area contributed by atoms with Gasteiger partial charge in [-0.1, -0.05) is 24.4 Å². The van der Waals surface area contributed by atoms with Crippen LogP contribution in [0, 0.1) is 6.92 Å². The fraction of sp³-hybridized carbons (Fsp3) is 0.500. The highest BCUT2D eigenvalue weighted by Gasteiger charge is 2.24. The van der Waals surface area contributed by atoms with Gasteiger partial charge in [-0.25, -0.2) is 14.2 Å². The first-order valence-corrected chi connectivity index (χ1v) is 9.29. The van der Waals surface area contributed by atoms with Crippen molar-refractivity contribution in [3.8, 4) is 0 Å². The minimum atomic E-state index is -1.48. The quantitative estimate of drug-likeness (QED) is 0.623. The van der Waals surface area contributed by atoms with E-state index in [4.69, 9.17) is 23.2 Å². The Morgan fingerprint density at radius 3 is 2.73 bits per heavy atom. The van der Waals surface area contributed by atoms with Crippen molar-refractivity contribution in [2.24, 2.45) is 0 Å². The minimum absolute atomic E-state index is 0.0776. The van der Waals surface area contributed by atoms with Crippen LogP contribution >= 0.6 is 23.2 Å². The molecule has 3 rings (SSSR count). The van der Waals surface area contributed by atoms with E-state index in [-0.39, 0.29) is 27.0 Å². The van der Waals surface area contributed by atoms with Gasteiger partial charge in [0.1, 0.15) is 26.7 Å². The molecular weight excluding hydrogens is 345 g/mol. The maximum atomic E-state index is 12.6. The van der Waals surface area contributed by atoms with Crippen LogP contribution in [-0.2, 0) is 10.8 Å². The second-order valence-corrected chi connectivity index (χ2v) is 7.70. The first-order valence-electron chi connectivity index (χ1n) is 7.06. The van der Waals surface area contributed by atoms with E-state index in [0.717, 1.165) is 25.7 Å². The lowest BCUT2D eigenvalue weighted by molar-refractivity contribution is 0.514. The Hall–Kier alpha value is -0.980. The maximum Gasteiger partial charge on any atom is 0.271 e. The normalized spacial score (nSPS) is 17.2. The lowest BCUT2D eigenvalue weighted by atomic mass is 10.1. The SMILES string of the molecule is Cc1c(Cl)c(=O)n(C2CCCC2)c2nc(S(=O)CCl)ncc12. The number of aromatic nitrogens is 3. The number of fused-ring (bicyclic) bond motifs is 1. The van der Waals surface area contributed by atoms with E-state index in [0.29, 0.717) is 16.6 Å². The molecule has 0 saturated heterocycles. The average molecular weight is 360 g/mol. The van der Waals surface area contributed by atoms with Crippen molar-refractivity contribution >= 4 is 45.0 Å². The third-order valence-corrected chi connectivity index (χ3v) is 5.95. The van der Waals surface area contributed by atoms with Gasteiger partial charge in [-0.15, -0.1) is 11.6 Å². The molecule has 1 unspecified atom stereocenters. The highest BCUT2D eigenvalue weighted by atomic mass is 35.5. The molecule has 1 aliphatic carbocycles. The summed E-state index contributed by atoms with van der Waals surface area (Å²) in [4.78, 5) is 21.1. The van der Waals surface area contributed by atoms with Gasteiger partial charge in [0.25, 0.3) is 5.56 Å². The van der Waals surface area contributed by atoms with Crippen LogP contribution in [0.1, 0.15) is 37.3 Å². The zero-order valence-corrected chi connectivity index (χ0v) is 14.3. The summed E-state index contributed by atoms with van der Waals surface area (Å²) in [6, 6.07) is 0.0836. The van der Waals surface area contributed by atoms with Crippen molar-refractivity contribution in [2.75, 3.05) is 5.21 Å². The number of aryl methyl sites for hydroxylation is 1. The molecule has 0 bridgehead atoms. The Balaban J connectivity index is 2.34. The Bertz CT molecular complexity index is 816. The van der Waals surface area contributed by atoms with E-state index in [1.165, 1.54) is 0 Å². The fourth-order valence-corrected chi connectivity index (χ4v) is 3.89. The Kier molecular flexibility index (Phi) is 4.52. The number of rotatable bonds is 3. The molecule has 1 fully saturated rings. The van der Waals surface area contributed by atoms with Crippen molar-refractivity contribution in [3.63, 3.8) is 0 Å². The first-order chi connectivity index (χ1) is 10.5. The van der Waals surface area contributed by atoms with Crippen molar-refractivity contribution < 1.29 is 4.21 Å². The van der Waals surface area contributed by atoms with Gasteiger partial charge in [-0.2, -0.15) is 0 Å². The molecule has 0 N–H and O–H groups in total. The Morgan fingerprint density at radius 1 is 1.41 bits per heavy atom. The topological polar surface area (TPSA) is 64.8 Å². The number of hydrogen-bond donors (Lipinski definition) is 0. The van der Waals surface area contributed by atoms with Gasteiger partial charge in [0, 0.05) is 17.6 Å². The number of halogens is 2. The van der Waals surface area contributed by atoms with Gasteiger partial charge in [0.15, 0.2) is 0 Å². The molecule has 0 aromatic carbocycles. The number of pyridine rings is 1. The van der Waals surface area contributed by atoms with E-state index in [1.54, 1.807) is 17.7 Å². The van der Waals surface area contributed by atoms with Gasteiger partial charge in [0.2, 0.25) is 5.16 Å². The van der Waals surface area contributed by atoms with Crippen LogP contribution in [0.5, 0.6) is 0 Å². The Morgan fingerprint density at radius 2 is 2.09 bits per heavy atom. The summed E-state index contributed by atoms with van der Waals surface area (Å²) in [6.45, 7) is 1.77. The van der Waals surface area contributed by atoms with Crippen LogP contribution in [0.2, 0.25) is 5.02 Å². The number of hydrogen-bond acceptors (Lipinski definition) is 4. The number of alkyl halides is 1. The molecule has 0 amide bonds. The highest BCUT2D eigenvalue weighted by molar-refractivity contribution is 7.86. The maximum absolute atomic E-state index is 12.6. The lowest BCUT2D eigenvalue weighted by Gasteiger charge is -2.18. The predicted octanol–water partition coefficient (Wildman–Crippen LogP) is 3.17. The van der Waals surface area contributed by atoms with Gasteiger partial charge >= 0.3 is 0 Å². The standard InChI is InChI=1S/C14H15Cl2N3O2S/c1-8-10-6-17-14(22(21)7-15)18-12(10)19(13(20)11(8)16)9-4-2-3-5-9/h6,9H,2-5,7H2,1H3. The van der Waals surface area contributed by atoms with Gasteiger partial charge in [0.05, 0.1) is 0 Å². The molecule has 22 heavy (non-hydrogen) atoms. The van der Waals surface area contributed by atoms with Gasteiger partial charge in [-0.3, -0.25) is 9.36 Å². The van der Waals surface area contributed by atoms with E-state index >= 15 is 0 Å². The summed E-state index contributed by atoms with van der Waals surface area (Å²) < 4.78 is 13.5. The van der Waals surface area contributed by atoms with Crippen LogP contribution in [0.15, 0.2) is 16.1 Å². The summed E-state index contributed by atoms with van der Waals surface area (Å²) in [6.07, 6.45) is 5.58. The molecule has 0 aliphatic heterocycles. The predicted molar refractivity (Wildman–Crippen MR) is 88.2 cm³/mol. The molecule has 1 atom stereocenters. The average Bonchev–Trinajstić information content (AvgIpc) is 3.05. The smallest absolute Gasteiger partial charge is 0.271 e. The molecule has 1 saturated carbocycles. The van der Waals surface area contributed by atoms with E-state index in [1.807, 2.05) is 0 Å². The molecule has 1 aliphatic rings. The van der Waals surface area contributed by atoms with Crippen molar-refractivity contribution in [1.82, 2.24) is 14.5 Å². The summed E-state index contributed by atoms with van der Waals surface area (Å²) in [5.74, 6) is 0. The largest absolute Gasteiger partial charge is 0.288 e. The Labute approximate surface area is 140 Å². The van der Waals surface area contributed by atoms with Crippen molar-refractivity contribution in [1.29, 1.82) is 0 Å². The van der Waals surface area contributed by atoms with Gasteiger partial charge < -0.3 is 0 Å². The molecule has 8 heteroatoms. The highest BCUT2D eigenvalue weighted by Crippen LogP contribution is 2.32. The third kappa shape index (κ3) is 2.57. The second-order valence-electron chi connectivity index (χ2n) is 5.40. The lowest BCUT2D eigenvalue weighted by Crippen LogP contribution is -2.26. The summed E-state index contributed by atoms with van der Waals surface area (Å²) in [7, 11) is -1.48. The molecular formula is C14H15Cl2N3O2S. The first kappa shape index (κ1) is 15.9. The minimum Gasteiger partial charge on any atom is -0.288 e. The molecule has 2 heterocycles. The van der Waals surface area contributed by atoms with Crippen LogP contribution in [0.25, 0.3) is 11.0 Å². The van der Waals surface area contributed by atoms with Crippen LogP contribution in [0.3, 0.4) is 0 Å². The monoisotopic (exact) mass is 359 g/mol. The zero-order chi connectivity index (χ0) is 15.9. The summed E-state index contributed by atoms with van der Waals surface area (Å²) in [5.41, 5.74) is 0.918. The summed E-state index contributed by atoms with van der Waals surface area (Å²) in [5, 5.41) is 0.988. The van der Waals surface area contributed by atoms with Crippen molar-refractivity contribution in [2.45, 2.75) is 43.8 Å².